The van der Waals surface area contributed by atoms with Gasteiger partial charge in [0.1, 0.15) is 18.2 Å². The van der Waals surface area contributed by atoms with Crippen molar-refractivity contribution in [3.8, 4) is 0 Å². The van der Waals surface area contributed by atoms with Crippen LogP contribution in [0.1, 0.15) is 41.0 Å². The van der Waals surface area contributed by atoms with Gasteiger partial charge >= 0.3 is 5.97 Å². The van der Waals surface area contributed by atoms with Crippen molar-refractivity contribution in [2.75, 3.05) is 13.3 Å². The van der Waals surface area contributed by atoms with E-state index >= 15 is 0 Å². The summed E-state index contributed by atoms with van der Waals surface area (Å²) in [6, 6.07) is -0.344. The maximum Gasteiger partial charge on any atom is 0.303 e. The van der Waals surface area contributed by atoms with Crippen LogP contribution in [0.2, 0.25) is 0 Å². The molecule has 0 amide bonds. The van der Waals surface area contributed by atoms with Gasteiger partial charge in [0.25, 0.3) is 7.37 Å². The number of carbonyl (C=O) groups is 1. The lowest BCUT2D eigenvalue weighted by atomic mass is 9.90. The Morgan fingerprint density at radius 3 is 2.64 bits per heavy atom. The highest BCUT2D eigenvalue weighted by Gasteiger charge is 2.49. The zero-order valence-corrected chi connectivity index (χ0v) is 16.6. The number of nitrogens with zero attached hydrogens (tertiary/aromatic N) is 1. The first kappa shape index (κ1) is 20.0. The van der Waals surface area contributed by atoms with E-state index in [1.54, 1.807) is 19.9 Å². The monoisotopic (exact) mass is 373 g/mol. The molecule has 2 heterocycles. The molecule has 2 aliphatic heterocycles. The van der Waals surface area contributed by atoms with Crippen LogP contribution < -0.4 is 0 Å². The molecule has 0 N–H and O–H groups in total. The third-order valence-corrected chi connectivity index (χ3v) is 6.29. The van der Waals surface area contributed by atoms with Crippen molar-refractivity contribution in [2.45, 2.75) is 65.4 Å². The highest BCUT2D eigenvalue weighted by Crippen LogP contribution is 2.54. The summed E-state index contributed by atoms with van der Waals surface area (Å²) in [5.41, 5.74) is 0.256. The largest absolute Gasteiger partial charge is 0.478 e. The molecule has 8 heteroatoms. The van der Waals surface area contributed by atoms with Crippen molar-refractivity contribution < 1.29 is 28.1 Å². The SMILES string of the molecule is CCOP(C)(=O)C1=C[C@H]2OC(C)=N[C@H]2[C@H]([C@H](OC(C)=O)[C@H](C)CC)O1. The average molecular weight is 373 g/mol. The number of aliphatic imine (C=N–C) groups is 1. The van der Waals surface area contributed by atoms with Crippen LogP contribution >= 0.6 is 7.37 Å². The van der Waals surface area contributed by atoms with Crippen LogP contribution in [0.25, 0.3) is 0 Å². The summed E-state index contributed by atoms with van der Waals surface area (Å²) >= 11 is 0. The lowest BCUT2D eigenvalue weighted by molar-refractivity contribution is -0.160. The second kappa shape index (κ2) is 7.92. The Morgan fingerprint density at radius 1 is 1.40 bits per heavy atom. The maximum atomic E-state index is 12.9. The normalized spacial score (nSPS) is 29.9. The van der Waals surface area contributed by atoms with Gasteiger partial charge in [0.15, 0.2) is 17.5 Å². The molecule has 0 saturated carbocycles. The van der Waals surface area contributed by atoms with Crippen LogP contribution in [0.3, 0.4) is 0 Å². The van der Waals surface area contributed by atoms with E-state index in [0.29, 0.717) is 12.5 Å². The number of carbonyl (C=O) groups excluding carboxylic acids is 1. The van der Waals surface area contributed by atoms with Crippen molar-refractivity contribution in [1.29, 1.82) is 0 Å². The molecule has 0 aromatic heterocycles. The lowest BCUT2D eigenvalue weighted by Crippen LogP contribution is -2.49. The first-order valence-electron chi connectivity index (χ1n) is 8.69. The maximum absolute atomic E-state index is 12.9. The fourth-order valence-corrected chi connectivity index (χ4v) is 4.45. The van der Waals surface area contributed by atoms with Crippen molar-refractivity contribution in [1.82, 2.24) is 0 Å². The van der Waals surface area contributed by atoms with Gasteiger partial charge in [-0.3, -0.25) is 9.36 Å². The number of ether oxygens (including phenoxy) is 3. The van der Waals surface area contributed by atoms with E-state index in [0.717, 1.165) is 6.42 Å². The lowest BCUT2D eigenvalue weighted by Gasteiger charge is -2.38. The van der Waals surface area contributed by atoms with Crippen molar-refractivity contribution in [3.05, 3.63) is 11.6 Å². The molecule has 142 valence electrons. The minimum absolute atomic E-state index is 0.0494. The third-order valence-electron chi connectivity index (χ3n) is 4.48. The highest BCUT2D eigenvalue weighted by molar-refractivity contribution is 7.62. The molecule has 1 unspecified atom stereocenters. The van der Waals surface area contributed by atoms with Crippen LogP contribution in [-0.2, 0) is 28.1 Å². The van der Waals surface area contributed by atoms with Gasteiger partial charge < -0.3 is 18.7 Å². The molecule has 0 aliphatic carbocycles. The van der Waals surface area contributed by atoms with E-state index in [1.807, 2.05) is 13.8 Å². The first-order chi connectivity index (χ1) is 11.7. The summed E-state index contributed by atoms with van der Waals surface area (Å²) in [5, 5.41) is 0. The second-order valence-electron chi connectivity index (χ2n) is 6.53. The van der Waals surface area contributed by atoms with Crippen molar-refractivity contribution in [3.63, 3.8) is 0 Å². The fourth-order valence-electron chi connectivity index (χ4n) is 3.10. The molecule has 7 nitrogen and oxygen atoms in total. The van der Waals surface area contributed by atoms with E-state index in [-0.39, 0.29) is 23.4 Å². The molecule has 0 saturated heterocycles. The summed E-state index contributed by atoms with van der Waals surface area (Å²) in [7, 11) is -3.12. The quantitative estimate of drug-likeness (QED) is 0.503. The zero-order chi connectivity index (χ0) is 18.8. The van der Waals surface area contributed by atoms with Gasteiger partial charge in [-0.2, -0.15) is 0 Å². The van der Waals surface area contributed by atoms with E-state index in [2.05, 4.69) is 4.99 Å². The summed E-state index contributed by atoms with van der Waals surface area (Å²) in [6.07, 6.45) is 0.990. The van der Waals surface area contributed by atoms with Gasteiger partial charge in [-0.15, -0.1) is 0 Å². The van der Waals surface area contributed by atoms with Crippen LogP contribution in [0.5, 0.6) is 0 Å². The number of rotatable bonds is 7. The number of hydrogen-bond donors (Lipinski definition) is 0. The molecule has 2 rings (SSSR count). The minimum atomic E-state index is -3.12. The molecule has 6 atom stereocenters. The predicted octanol–water partition coefficient (Wildman–Crippen LogP) is 3.33. The molecule has 0 spiro atoms. The Balaban J connectivity index is 2.39. The smallest absolute Gasteiger partial charge is 0.303 e. The molecule has 0 aromatic rings. The molecular weight excluding hydrogens is 345 g/mol. The predicted molar refractivity (Wildman–Crippen MR) is 94.9 cm³/mol. The zero-order valence-electron chi connectivity index (χ0n) is 15.7. The third kappa shape index (κ3) is 4.45. The van der Waals surface area contributed by atoms with Gasteiger partial charge in [-0.05, 0) is 19.3 Å². The molecule has 0 aromatic carbocycles. The number of hydrogen-bond acceptors (Lipinski definition) is 7. The van der Waals surface area contributed by atoms with E-state index in [9.17, 15) is 9.36 Å². The van der Waals surface area contributed by atoms with Gasteiger partial charge in [0.2, 0.25) is 0 Å². The van der Waals surface area contributed by atoms with Gasteiger partial charge in [-0.25, -0.2) is 4.99 Å². The molecular formula is C17H28NO6P. The average Bonchev–Trinajstić information content (AvgIpc) is 2.91. The highest BCUT2D eigenvalue weighted by atomic mass is 31.2. The molecule has 2 aliphatic rings. The van der Waals surface area contributed by atoms with E-state index in [4.69, 9.17) is 18.7 Å². The van der Waals surface area contributed by atoms with Gasteiger partial charge in [0, 0.05) is 26.6 Å². The van der Waals surface area contributed by atoms with Crippen LogP contribution in [-0.4, -0.2) is 49.5 Å². The molecule has 0 bridgehead atoms. The van der Waals surface area contributed by atoms with Gasteiger partial charge in [0.05, 0.1) is 6.61 Å². The summed E-state index contributed by atoms with van der Waals surface area (Å²) < 4.78 is 35.6. The Kier molecular flexibility index (Phi) is 6.33. The second-order valence-corrected chi connectivity index (χ2v) is 8.92. The van der Waals surface area contributed by atoms with Crippen LogP contribution in [0, 0.1) is 5.92 Å². The first-order valence-corrected chi connectivity index (χ1v) is 10.8. The van der Waals surface area contributed by atoms with Crippen molar-refractivity contribution >= 4 is 19.2 Å². The van der Waals surface area contributed by atoms with Crippen molar-refractivity contribution in [2.24, 2.45) is 10.9 Å². The number of fused-ring (bicyclic) bond motifs is 1. The molecule has 0 radical (unpaired) electrons. The Hall–Kier alpha value is -1.33. The topological polar surface area (TPSA) is 83.4 Å². The fraction of sp³-hybridized carbons (Fsp3) is 0.765. The molecule has 25 heavy (non-hydrogen) atoms. The van der Waals surface area contributed by atoms with Crippen LogP contribution in [0.4, 0.5) is 0 Å². The minimum Gasteiger partial charge on any atom is -0.478 e. The van der Waals surface area contributed by atoms with Gasteiger partial charge in [-0.1, -0.05) is 13.8 Å². The summed E-state index contributed by atoms with van der Waals surface area (Å²) in [5.74, 6) is 0.202. The summed E-state index contributed by atoms with van der Waals surface area (Å²) in [6.45, 7) is 10.8. The molecule has 0 fully saturated rings. The Bertz CT molecular complexity index is 616. The van der Waals surface area contributed by atoms with E-state index < -0.39 is 25.7 Å². The number of esters is 1. The summed E-state index contributed by atoms with van der Waals surface area (Å²) in [4.78, 5) is 16.1. The Morgan fingerprint density at radius 2 is 2.08 bits per heavy atom. The Labute approximate surface area is 149 Å². The van der Waals surface area contributed by atoms with E-state index in [1.165, 1.54) is 13.6 Å². The standard InChI is InChI=1S/C17H28NO6P/c1-7-10(3)16(23-12(5)19)17-15-13(22-11(4)18-15)9-14(24-17)25(6,20)21-8-2/h9-10,13,15-17H,7-8H2,1-6H3/t10-,13-,15-,16-,17-,25?/m1/s1. The van der Waals surface area contributed by atoms with Crippen LogP contribution in [0.15, 0.2) is 16.6 Å².